The SMILES string of the molecule is CCC(CC)c1noc(N)c1-c1ccc(F)cc1Cl. The Labute approximate surface area is 116 Å². The van der Waals surface area contributed by atoms with Gasteiger partial charge in [0, 0.05) is 11.5 Å². The highest BCUT2D eigenvalue weighted by atomic mass is 35.5. The van der Waals surface area contributed by atoms with Gasteiger partial charge in [-0.3, -0.25) is 0 Å². The number of benzene rings is 1. The lowest BCUT2D eigenvalue weighted by Crippen LogP contribution is -1.99. The molecule has 5 heteroatoms. The van der Waals surface area contributed by atoms with E-state index < -0.39 is 0 Å². The monoisotopic (exact) mass is 282 g/mol. The van der Waals surface area contributed by atoms with Gasteiger partial charge in [-0.15, -0.1) is 0 Å². The second kappa shape index (κ2) is 5.61. The lowest BCUT2D eigenvalue weighted by molar-refractivity contribution is 0.416. The van der Waals surface area contributed by atoms with Gasteiger partial charge in [-0.2, -0.15) is 0 Å². The zero-order valence-electron chi connectivity index (χ0n) is 10.9. The van der Waals surface area contributed by atoms with Gasteiger partial charge in [-0.25, -0.2) is 4.39 Å². The van der Waals surface area contributed by atoms with Crippen LogP contribution in [-0.4, -0.2) is 5.16 Å². The van der Waals surface area contributed by atoms with Crippen molar-refractivity contribution in [3.05, 3.63) is 34.7 Å². The number of hydrogen-bond donors (Lipinski definition) is 1. The smallest absolute Gasteiger partial charge is 0.230 e. The van der Waals surface area contributed by atoms with E-state index in [0.29, 0.717) is 16.1 Å². The Balaban J connectivity index is 2.58. The second-order valence-electron chi connectivity index (χ2n) is 4.44. The zero-order chi connectivity index (χ0) is 14.0. The van der Waals surface area contributed by atoms with Crippen LogP contribution in [0.1, 0.15) is 38.3 Å². The number of nitrogens with zero attached hydrogens (tertiary/aromatic N) is 1. The molecule has 1 heterocycles. The Morgan fingerprint density at radius 1 is 1.37 bits per heavy atom. The van der Waals surface area contributed by atoms with E-state index in [2.05, 4.69) is 19.0 Å². The summed E-state index contributed by atoms with van der Waals surface area (Å²) in [6, 6.07) is 4.22. The number of nitrogens with two attached hydrogens (primary N) is 1. The molecule has 0 amide bonds. The van der Waals surface area contributed by atoms with Gasteiger partial charge in [-0.05, 0) is 31.0 Å². The highest BCUT2D eigenvalue weighted by Gasteiger charge is 2.23. The van der Waals surface area contributed by atoms with E-state index in [1.165, 1.54) is 12.1 Å². The Morgan fingerprint density at radius 3 is 2.63 bits per heavy atom. The van der Waals surface area contributed by atoms with Crippen LogP contribution in [0.25, 0.3) is 11.1 Å². The van der Waals surface area contributed by atoms with Crippen LogP contribution in [0.5, 0.6) is 0 Å². The summed E-state index contributed by atoms with van der Waals surface area (Å²) in [4.78, 5) is 0. The molecule has 0 atom stereocenters. The molecule has 0 aliphatic rings. The van der Waals surface area contributed by atoms with Crippen molar-refractivity contribution < 1.29 is 8.91 Å². The van der Waals surface area contributed by atoms with Crippen LogP contribution in [-0.2, 0) is 0 Å². The maximum Gasteiger partial charge on any atom is 0.230 e. The van der Waals surface area contributed by atoms with Crippen molar-refractivity contribution in [2.75, 3.05) is 5.73 Å². The lowest BCUT2D eigenvalue weighted by atomic mass is 9.93. The van der Waals surface area contributed by atoms with E-state index in [4.69, 9.17) is 21.9 Å². The fourth-order valence-corrected chi connectivity index (χ4v) is 2.49. The van der Waals surface area contributed by atoms with Gasteiger partial charge in [-0.1, -0.05) is 30.6 Å². The van der Waals surface area contributed by atoms with Crippen LogP contribution in [0.3, 0.4) is 0 Å². The quantitative estimate of drug-likeness (QED) is 0.890. The first-order valence-corrected chi connectivity index (χ1v) is 6.66. The van der Waals surface area contributed by atoms with Gasteiger partial charge < -0.3 is 10.3 Å². The standard InChI is InChI=1S/C14H16ClFN2O/c1-3-8(4-2)13-12(14(17)19-18-13)10-6-5-9(16)7-11(10)15/h5-8H,3-4,17H2,1-2H3. The molecule has 1 aromatic carbocycles. The van der Waals surface area contributed by atoms with Crippen LogP contribution < -0.4 is 5.73 Å². The number of rotatable bonds is 4. The van der Waals surface area contributed by atoms with Crippen LogP contribution in [0.4, 0.5) is 10.3 Å². The third-order valence-electron chi connectivity index (χ3n) is 3.32. The number of anilines is 1. The highest BCUT2D eigenvalue weighted by molar-refractivity contribution is 6.33. The fraction of sp³-hybridized carbons (Fsp3) is 0.357. The molecule has 19 heavy (non-hydrogen) atoms. The summed E-state index contributed by atoms with van der Waals surface area (Å²) >= 11 is 6.09. The third kappa shape index (κ3) is 2.59. The largest absolute Gasteiger partial charge is 0.367 e. The molecule has 2 N–H and O–H groups in total. The minimum absolute atomic E-state index is 0.218. The molecule has 0 aliphatic heterocycles. The third-order valence-corrected chi connectivity index (χ3v) is 3.63. The predicted molar refractivity (Wildman–Crippen MR) is 74.6 cm³/mol. The molecular weight excluding hydrogens is 267 g/mol. The van der Waals surface area contributed by atoms with Crippen molar-refractivity contribution in [2.24, 2.45) is 0 Å². The lowest BCUT2D eigenvalue weighted by Gasteiger charge is -2.12. The number of halogens is 2. The number of aromatic nitrogens is 1. The summed E-state index contributed by atoms with van der Waals surface area (Å²) in [5, 5.41) is 4.35. The fourth-order valence-electron chi connectivity index (χ4n) is 2.23. The molecular formula is C14H16ClFN2O. The molecule has 0 unspecified atom stereocenters. The van der Waals surface area contributed by atoms with Crippen molar-refractivity contribution in [1.82, 2.24) is 5.16 Å². The predicted octanol–water partition coefficient (Wildman–Crippen LogP) is 4.62. The van der Waals surface area contributed by atoms with E-state index in [0.717, 1.165) is 18.5 Å². The average molecular weight is 283 g/mol. The maximum absolute atomic E-state index is 13.1. The first-order chi connectivity index (χ1) is 9.08. The molecule has 102 valence electrons. The van der Waals surface area contributed by atoms with Crippen LogP contribution in [0.15, 0.2) is 22.7 Å². The molecule has 0 spiro atoms. The van der Waals surface area contributed by atoms with E-state index in [9.17, 15) is 4.39 Å². The molecule has 0 aliphatic carbocycles. The van der Waals surface area contributed by atoms with Crippen LogP contribution >= 0.6 is 11.6 Å². The second-order valence-corrected chi connectivity index (χ2v) is 4.85. The van der Waals surface area contributed by atoms with Crippen molar-refractivity contribution in [3.8, 4) is 11.1 Å². The number of hydrogen-bond acceptors (Lipinski definition) is 3. The Kier molecular flexibility index (Phi) is 4.10. The zero-order valence-corrected chi connectivity index (χ0v) is 11.7. The van der Waals surface area contributed by atoms with E-state index >= 15 is 0 Å². The average Bonchev–Trinajstić information content (AvgIpc) is 2.74. The van der Waals surface area contributed by atoms with Crippen molar-refractivity contribution in [3.63, 3.8) is 0 Å². The minimum Gasteiger partial charge on any atom is -0.367 e. The van der Waals surface area contributed by atoms with E-state index in [-0.39, 0.29) is 17.6 Å². The molecule has 0 fully saturated rings. The molecule has 0 bridgehead atoms. The van der Waals surface area contributed by atoms with Crippen molar-refractivity contribution in [2.45, 2.75) is 32.6 Å². The first kappa shape index (κ1) is 13.9. The summed E-state index contributed by atoms with van der Waals surface area (Å²) in [7, 11) is 0. The Morgan fingerprint density at radius 2 is 2.05 bits per heavy atom. The van der Waals surface area contributed by atoms with Gasteiger partial charge in [0.25, 0.3) is 0 Å². The molecule has 0 radical (unpaired) electrons. The normalized spacial score (nSPS) is 11.2. The summed E-state index contributed by atoms with van der Waals surface area (Å²) in [5.74, 6) is 0.0837. The van der Waals surface area contributed by atoms with E-state index in [1.807, 2.05) is 0 Å². The summed E-state index contributed by atoms with van der Waals surface area (Å²) in [6.07, 6.45) is 1.85. The van der Waals surface area contributed by atoms with Gasteiger partial charge in [0.05, 0.1) is 16.3 Å². The van der Waals surface area contributed by atoms with Gasteiger partial charge in [0.2, 0.25) is 5.88 Å². The molecule has 1 aromatic heterocycles. The summed E-state index contributed by atoms with van der Waals surface area (Å²) < 4.78 is 18.2. The van der Waals surface area contributed by atoms with Crippen LogP contribution in [0.2, 0.25) is 5.02 Å². The molecule has 2 aromatic rings. The van der Waals surface area contributed by atoms with Crippen LogP contribution in [0, 0.1) is 5.82 Å². The molecule has 0 saturated carbocycles. The maximum atomic E-state index is 13.1. The Bertz CT molecular complexity index is 579. The molecule has 2 rings (SSSR count). The number of nitrogen functional groups attached to an aromatic ring is 1. The van der Waals surface area contributed by atoms with Crippen molar-refractivity contribution >= 4 is 17.5 Å². The van der Waals surface area contributed by atoms with E-state index in [1.54, 1.807) is 6.07 Å². The van der Waals surface area contributed by atoms with Crippen molar-refractivity contribution in [1.29, 1.82) is 0 Å². The van der Waals surface area contributed by atoms with Gasteiger partial charge in [0.1, 0.15) is 5.82 Å². The highest BCUT2D eigenvalue weighted by Crippen LogP contribution is 2.39. The molecule has 3 nitrogen and oxygen atoms in total. The Hall–Kier alpha value is -1.55. The van der Waals surface area contributed by atoms with Gasteiger partial charge >= 0.3 is 0 Å². The topological polar surface area (TPSA) is 52.0 Å². The summed E-state index contributed by atoms with van der Waals surface area (Å²) in [5.41, 5.74) is 7.97. The first-order valence-electron chi connectivity index (χ1n) is 6.28. The minimum atomic E-state index is -0.382. The molecule has 0 saturated heterocycles. The van der Waals surface area contributed by atoms with Gasteiger partial charge in [0.15, 0.2) is 0 Å². The summed E-state index contributed by atoms with van der Waals surface area (Å²) in [6.45, 7) is 4.16.